The van der Waals surface area contributed by atoms with E-state index >= 15 is 0 Å². The third-order valence-corrected chi connectivity index (χ3v) is 40.3. The summed E-state index contributed by atoms with van der Waals surface area (Å²) in [5.41, 5.74) is 34.2. The molecule has 0 aliphatic rings. The van der Waals surface area contributed by atoms with Gasteiger partial charge in [0, 0.05) is 95.2 Å². The molecule has 0 saturated heterocycles. The van der Waals surface area contributed by atoms with E-state index in [0.29, 0.717) is 43.5 Å². The fourth-order valence-electron chi connectivity index (χ4n) is 14.2. The fraction of sp³-hybridized carbons (Fsp3) is 0.217. The van der Waals surface area contributed by atoms with Crippen molar-refractivity contribution in [3.8, 4) is 88.9 Å². The summed E-state index contributed by atoms with van der Waals surface area (Å²) in [6.45, 7) is 12.7. The van der Waals surface area contributed by atoms with Crippen LogP contribution >= 0.6 is 114 Å². The first kappa shape index (κ1) is 101. The van der Waals surface area contributed by atoms with Gasteiger partial charge in [-0.3, -0.25) is 12.6 Å². The van der Waals surface area contributed by atoms with Crippen LogP contribution in [0.4, 0.5) is 17.1 Å². The zero-order chi connectivity index (χ0) is 95.6. The molecule has 6 aromatic carbocycles. The summed E-state index contributed by atoms with van der Waals surface area (Å²) < 4.78 is 67.5. The number of aromatic nitrogens is 9. The number of nitrogen functional groups attached to an aromatic ring is 3. The second-order valence-corrected chi connectivity index (χ2v) is 49.8. The SMILES string of the molecule is CCCCS(=O)(=O)c1cc2ccc(-c3ccccc3)nc2s1.CCCCS(=O)c1cc2ccc(-c3ccccc3)nc2s1.CCCCS(=O)c1sc2nc(-c3nccs3)nc(-c3ccccc3)c2c1N.CCCCSc1cc2ccc(-c3ccccc3)nc2s1.CCCCSc1sc2nc(-c3ccccc3)ccc2c1N.CCCS(=O)c1sc2nc(-c3nccs3)cc(-c3ccccc3)c2c1N. The second-order valence-electron chi connectivity index (χ2n) is 31.5. The van der Waals surface area contributed by atoms with Crippen LogP contribution in [0.1, 0.15) is 112 Å². The van der Waals surface area contributed by atoms with E-state index in [-0.39, 0.29) is 5.75 Å². The van der Waals surface area contributed by atoms with Gasteiger partial charge < -0.3 is 17.2 Å². The number of hydrogen-bond donors (Lipinski definition) is 3. The average molecular weight is 2080 g/mol. The van der Waals surface area contributed by atoms with Crippen molar-refractivity contribution in [1.29, 1.82) is 0 Å². The Morgan fingerprint density at radius 1 is 0.350 bits per heavy atom. The zero-order valence-electron chi connectivity index (χ0n) is 76.6. The van der Waals surface area contributed by atoms with Crippen LogP contribution in [0, 0.1) is 0 Å². The monoisotopic (exact) mass is 2070 g/mol. The summed E-state index contributed by atoms with van der Waals surface area (Å²) in [7, 11) is -6.29. The quantitative estimate of drug-likeness (QED) is 0.0269. The highest BCUT2D eigenvalue weighted by molar-refractivity contribution is 8.01. The van der Waals surface area contributed by atoms with Crippen LogP contribution in [0.15, 0.2) is 303 Å². The molecule has 0 aliphatic carbocycles. The van der Waals surface area contributed by atoms with Crippen LogP contribution in [-0.4, -0.2) is 100 Å². The molecule has 20 rings (SSSR count). The molecule has 0 radical (unpaired) electrons. The van der Waals surface area contributed by atoms with Gasteiger partial charge >= 0.3 is 0 Å². The van der Waals surface area contributed by atoms with Crippen molar-refractivity contribution in [1.82, 2.24) is 44.9 Å². The maximum Gasteiger partial charge on any atom is 0.190 e. The van der Waals surface area contributed by atoms with E-state index in [1.807, 2.05) is 211 Å². The van der Waals surface area contributed by atoms with Gasteiger partial charge in [0.1, 0.15) is 52.3 Å². The lowest BCUT2D eigenvalue weighted by Gasteiger charge is -2.07. The number of thioether (sulfide) groups is 2. The molecular weight excluding hydrogens is 1970 g/mol. The molecule has 0 amide bonds. The van der Waals surface area contributed by atoms with Gasteiger partial charge in [0.25, 0.3) is 0 Å². The third-order valence-electron chi connectivity index (χ3n) is 21.5. The topological polar surface area (TPSA) is 279 Å². The van der Waals surface area contributed by atoms with Crippen molar-refractivity contribution in [3.63, 3.8) is 0 Å². The number of nitrogens with two attached hydrogens (primary N) is 3. The van der Waals surface area contributed by atoms with Crippen molar-refractivity contribution in [2.75, 3.05) is 51.7 Å². The normalized spacial score (nSPS) is 12.0. The molecule has 3 atom stereocenters. The number of thiophene rings is 6. The van der Waals surface area contributed by atoms with E-state index in [9.17, 15) is 21.0 Å². The Labute approximate surface area is 848 Å². The number of fused-ring (bicyclic) bond motifs is 6. The molecule has 17 nitrogen and oxygen atoms in total. The van der Waals surface area contributed by atoms with Crippen LogP contribution in [0.3, 0.4) is 0 Å². The molecule has 0 spiro atoms. The summed E-state index contributed by atoms with van der Waals surface area (Å²) in [6.07, 6.45) is 14.9. The Morgan fingerprint density at radius 3 is 1.31 bits per heavy atom. The van der Waals surface area contributed by atoms with Crippen molar-refractivity contribution >= 4 is 235 Å². The molecule has 6 N–H and O–H groups in total. The smallest absolute Gasteiger partial charge is 0.190 e. The van der Waals surface area contributed by atoms with Gasteiger partial charge in [-0.1, -0.05) is 256 Å². The molecule has 0 saturated carbocycles. The van der Waals surface area contributed by atoms with Crippen LogP contribution in [0.2, 0.25) is 0 Å². The Bertz CT molecular complexity index is 7530. The molecule has 702 valence electrons. The molecular formula is C106H104N12O5S14. The van der Waals surface area contributed by atoms with Gasteiger partial charge in [0.05, 0.1) is 102 Å². The summed E-state index contributed by atoms with van der Waals surface area (Å²) in [5, 5.41) is 11.5. The maximum absolute atomic E-state index is 12.7. The third kappa shape index (κ3) is 26.0. The molecule has 0 fully saturated rings. The number of nitrogens with zero attached hydrogens (tertiary/aromatic N) is 9. The lowest BCUT2D eigenvalue weighted by Crippen LogP contribution is -2.04. The molecule has 20 aromatic rings. The predicted octanol–water partition coefficient (Wildman–Crippen LogP) is 30.9. The van der Waals surface area contributed by atoms with Gasteiger partial charge in [-0.25, -0.2) is 53.3 Å². The number of thiazole rings is 2. The van der Waals surface area contributed by atoms with Crippen molar-refractivity contribution in [3.05, 3.63) is 278 Å². The van der Waals surface area contributed by atoms with Crippen LogP contribution in [0.25, 0.3) is 150 Å². The lowest BCUT2D eigenvalue weighted by atomic mass is 10.0. The van der Waals surface area contributed by atoms with E-state index in [0.717, 1.165) is 198 Å². The number of sulfone groups is 1. The molecule has 31 heteroatoms. The van der Waals surface area contributed by atoms with Crippen molar-refractivity contribution < 1.29 is 21.0 Å². The highest BCUT2D eigenvalue weighted by Crippen LogP contribution is 2.47. The minimum absolute atomic E-state index is 0.210. The van der Waals surface area contributed by atoms with E-state index in [1.165, 1.54) is 96.2 Å². The van der Waals surface area contributed by atoms with E-state index in [1.54, 1.807) is 52.5 Å². The molecule has 3 unspecified atom stereocenters. The zero-order valence-corrected chi connectivity index (χ0v) is 88.0. The number of pyridine rings is 5. The number of hydrogen-bond acceptors (Lipinski definition) is 27. The molecule has 137 heavy (non-hydrogen) atoms. The van der Waals surface area contributed by atoms with E-state index in [2.05, 4.69) is 145 Å². The lowest BCUT2D eigenvalue weighted by molar-refractivity contribution is 0.594. The molecule has 0 aliphatic heterocycles. The van der Waals surface area contributed by atoms with Crippen LogP contribution < -0.4 is 17.2 Å². The first-order valence-electron chi connectivity index (χ1n) is 45.4. The minimum atomic E-state index is -3.18. The largest absolute Gasteiger partial charge is 0.397 e. The van der Waals surface area contributed by atoms with Crippen molar-refractivity contribution in [2.45, 2.75) is 137 Å². The minimum Gasteiger partial charge on any atom is -0.397 e. The second kappa shape index (κ2) is 50.0. The van der Waals surface area contributed by atoms with Gasteiger partial charge in [-0.15, -0.1) is 114 Å². The summed E-state index contributed by atoms with van der Waals surface area (Å²) in [5.74, 6) is 5.08. The Balaban J connectivity index is 0.000000125. The van der Waals surface area contributed by atoms with Crippen molar-refractivity contribution in [2.24, 2.45) is 0 Å². The number of unbranched alkanes of at least 4 members (excludes halogenated alkanes) is 5. The van der Waals surface area contributed by atoms with E-state index in [4.69, 9.17) is 42.1 Å². The highest BCUT2D eigenvalue weighted by Gasteiger charge is 2.26. The number of rotatable bonds is 31. The van der Waals surface area contributed by atoms with Crippen LogP contribution in [0.5, 0.6) is 0 Å². The maximum atomic E-state index is 12.7. The molecule has 14 heterocycles. The summed E-state index contributed by atoms with van der Waals surface area (Å²) in [4.78, 5) is 47.4. The Morgan fingerprint density at radius 2 is 0.788 bits per heavy atom. The van der Waals surface area contributed by atoms with Crippen LogP contribution in [-0.2, 0) is 42.2 Å². The van der Waals surface area contributed by atoms with Gasteiger partial charge in [-0.2, -0.15) is 0 Å². The Kier molecular flexibility index (Phi) is 36.9. The molecule has 0 bridgehead atoms. The highest BCUT2D eigenvalue weighted by atomic mass is 32.2. The first-order chi connectivity index (χ1) is 66.9. The fourth-order valence-corrected chi connectivity index (χ4v) is 31.1. The summed E-state index contributed by atoms with van der Waals surface area (Å²) in [6, 6.07) is 85.2. The summed E-state index contributed by atoms with van der Waals surface area (Å²) >= 11 is 16.0. The predicted molar refractivity (Wildman–Crippen MR) is 596 cm³/mol. The Hall–Kier alpha value is -10.3. The van der Waals surface area contributed by atoms with Gasteiger partial charge in [0.15, 0.2) is 20.7 Å². The standard InChI is InChI=1S/C19H18N4OS3.C19H17N3OS3.C17H18N2S2.C17H17NO2S2.C17H17NOS2.C17H17NS2/c1-2-3-11-27(24)19-14(20)13-15(12-7-5-4-6-8-12)22-16(23-17(13)26-19)18-21-9-10-25-18;1-2-10-26(23)19-16(20)15-13(12-6-4-3-5-7-12)11-14(22-18(15)25-19)17-21-8-9-24-17;1-2-3-11-20-17-15(18)13-9-10-14(19-16(13)21-17)12-7-5-4-6-8-12;1-2-3-11-22(19,20)16-12-14-9-10-15(18-17(14)21-16)13-7-5-4-6-8-13;1-2-3-11-21(19)16-12-14-9-10-15(18-17(14)20-16)13-7-5-4-6-8-13;1-2-3-11-19-16-12-14-9-10-15(18-17(14)20-16)13-7-5-4-6-8-13/h4-10H,2-3,11,20H2,1H3;3-9,11H,2,10,20H2,1H3;4-10H,2-3,11,18H2,1H3;4-10,12H,2-3,11H2,1H3;4-10,12H,2-3,11H2,1H3;4-10,12H,2-3,11H2,1H3. The van der Waals surface area contributed by atoms with E-state index < -0.39 is 42.2 Å². The number of benzene rings is 6. The van der Waals surface area contributed by atoms with Gasteiger partial charge in [-0.05, 0) is 134 Å². The first-order valence-corrected chi connectivity index (χ1v) is 59.6. The van der Waals surface area contributed by atoms with Gasteiger partial charge in [0.2, 0.25) is 0 Å². The average Bonchev–Trinajstić information content (AvgIpc) is 1.62. The number of anilines is 3. The molecule has 14 aromatic heterocycles.